The largest absolute Gasteiger partial charge is 0.469 e. The zero-order chi connectivity index (χ0) is 19.6. The molecule has 2 aromatic rings. The Labute approximate surface area is 166 Å². The van der Waals surface area contributed by atoms with Gasteiger partial charge in [0.25, 0.3) is 0 Å². The number of nitrogens with zero attached hydrogens (tertiary/aromatic N) is 1. The van der Waals surface area contributed by atoms with E-state index in [9.17, 15) is 9.59 Å². The second-order valence-electron chi connectivity index (χ2n) is 6.61. The fraction of sp³-hybridized carbons (Fsp3) is 0.364. The zero-order valence-electron chi connectivity index (χ0n) is 15.9. The van der Waals surface area contributed by atoms with Gasteiger partial charge in [-0.3, -0.25) is 9.59 Å². The first-order valence-electron chi connectivity index (χ1n) is 9.12. The molecule has 0 N–H and O–H groups in total. The van der Waals surface area contributed by atoms with Crippen LogP contribution in [0.2, 0.25) is 5.02 Å². The summed E-state index contributed by atoms with van der Waals surface area (Å²) in [6, 6.07) is 15.8. The van der Waals surface area contributed by atoms with Crippen molar-refractivity contribution in [3.8, 4) is 0 Å². The lowest BCUT2D eigenvalue weighted by atomic mass is 10.1. The van der Waals surface area contributed by atoms with Gasteiger partial charge in [0.15, 0.2) is 0 Å². The second-order valence-corrected chi connectivity index (χ2v) is 7.04. The number of rotatable bonds is 9. The minimum Gasteiger partial charge on any atom is -0.469 e. The lowest BCUT2D eigenvalue weighted by Gasteiger charge is -2.22. The van der Waals surface area contributed by atoms with Crippen molar-refractivity contribution in [2.24, 2.45) is 0 Å². The predicted octanol–water partition coefficient (Wildman–Crippen LogP) is 4.56. The third-order valence-electron chi connectivity index (χ3n) is 4.43. The Morgan fingerprint density at radius 1 is 0.963 bits per heavy atom. The van der Waals surface area contributed by atoms with E-state index in [-0.39, 0.29) is 18.3 Å². The highest BCUT2D eigenvalue weighted by Crippen LogP contribution is 2.14. The van der Waals surface area contributed by atoms with Crippen LogP contribution in [0.1, 0.15) is 36.0 Å². The minimum atomic E-state index is -0.308. The van der Waals surface area contributed by atoms with Crippen molar-refractivity contribution in [1.82, 2.24) is 4.90 Å². The quantitative estimate of drug-likeness (QED) is 0.592. The van der Waals surface area contributed by atoms with E-state index in [1.807, 2.05) is 55.5 Å². The second kappa shape index (κ2) is 10.7. The molecule has 144 valence electrons. The van der Waals surface area contributed by atoms with Gasteiger partial charge in [-0.25, -0.2) is 0 Å². The normalized spacial score (nSPS) is 10.5. The van der Waals surface area contributed by atoms with E-state index >= 15 is 0 Å². The summed E-state index contributed by atoms with van der Waals surface area (Å²) < 4.78 is 4.71. The molecule has 0 bridgehead atoms. The highest BCUT2D eigenvalue weighted by atomic mass is 35.5. The molecular formula is C22H26ClNO3. The molecule has 0 atom stereocenters. The zero-order valence-corrected chi connectivity index (χ0v) is 16.7. The fourth-order valence-electron chi connectivity index (χ4n) is 2.79. The highest BCUT2D eigenvalue weighted by Gasteiger charge is 2.15. The van der Waals surface area contributed by atoms with Gasteiger partial charge in [0.2, 0.25) is 5.91 Å². The molecule has 0 aliphatic heterocycles. The first-order chi connectivity index (χ1) is 13.0. The van der Waals surface area contributed by atoms with Gasteiger partial charge >= 0.3 is 5.97 Å². The monoisotopic (exact) mass is 387 g/mol. The van der Waals surface area contributed by atoms with Crippen LogP contribution in [-0.4, -0.2) is 30.4 Å². The molecule has 4 nitrogen and oxygen atoms in total. The molecule has 0 aromatic heterocycles. The average Bonchev–Trinajstić information content (AvgIpc) is 2.67. The molecule has 27 heavy (non-hydrogen) atoms. The first-order valence-corrected chi connectivity index (χ1v) is 9.50. The third kappa shape index (κ3) is 7.43. The fourth-order valence-corrected chi connectivity index (χ4v) is 2.91. The third-order valence-corrected chi connectivity index (χ3v) is 4.68. The Kier molecular flexibility index (Phi) is 8.34. The van der Waals surface area contributed by atoms with E-state index in [2.05, 4.69) is 0 Å². The summed E-state index contributed by atoms with van der Waals surface area (Å²) in [5.74, 6) is -0.258. The lowest BCUT2D eigenvalue weighted by Crippen LogP contribution is -2.32. The van der Waals surface area contributed by atoms with Crippen molar-refractivity contribution in [3.05, 3.63) is 70.2 Å². The number of methoxy groups -OCH3 is 1. The molecule has 0 saturated carbocycles. The van der Waals surface area contributed by atoms with Gasteiger partial charge in [-0.2, -0.15) is 0 Å². The van der Waals surface area contributed by atoms with Crippen molar-refractivity contribution in [2.75, 3.05) is 13.7 Å². The number of halogens is 1. The highest BCUT2D eigenvalue weighted by molar-refractivity contribution is 6.30. The molecule has 0 spiro atoms. The van der Waals surface area contributed by atoms with Gasteiger partial charge < -0.3 is 9.64 Å². The molecular weight excluding hydrogens is 362 g/mol. The number of esters is 1. The van der Waals surface area contributed by atoms with Crippen LogP contribution >= 0.6 is 11.6 Å². The van der Waals surface area contributed by atoms with Crippen LogP contribution in [0.25, 0.3) is 0 Å². The Morgan fingerprint density at radius 3 is 2.22 bits per heavy atom. The summed E-state index contributed by atoms with van der Waals surface area (Å²) in [4.78, 5) is 25.9. The van der Waals surface area contributed by atoms with Crippen LogP contribution in [-0.2, 0) is 27.3 Å². The van der Waals surface area contributed by atoms with Crippen LogP contribution < -0.4 is 0 Å². The Morgan fingerprint density at radius 2 is 1.59 bits per heavy atom. The minimum absolute atomic E-state index is 0.0495. The summed E-state index contributed by atoms with van der Waals surface area (Å²) >= 11 is 5.90. The van der Waals surface area contributed by atoms with Crippen molar-refractivity contribution in [2.45, 2.75) is 39.2 Å². The molecule has 1 amide bonds. The molecule has 0 aliphatic rings. The average molecular weight is 388 g/mol. The summed E-state index contributed by atoms with van der Waals surface area (Å²) in [6.45, 7) is 2.89. The number of benzene rings is 2. The topological polar surface area (TPSA) is 46.6 Å². The number of hydrogen-bond donors (Lipinski definition) is 0. The molecule has 2 aromatic carbocycles. The molecule has 2 rings (SSSR count). The van der Waals surface area contributed by atoms with Crippen LogP contribution in [0.5, 0.6) is 0 Å². The van der Waals surface area contributed by atoms with Gasteiger partial charge in [0, 0.05) is 24.5 Å². The van der Waals surface area contributed by atoms with E-state index in [1.54, 1.807) is 4.90 Å². The predicted molar refractivity (Wildman–Crippen MR) is 108 cm³/mol. The van der Waals surface area contributed by atoms with E-state index in [0.29, 0.717) is 24.5 Å². The van der Waals surface area contributed by atoms with Crippen molar-refractivity contribution >= 4 is 23.5 Å². The molecule has 0 fully saturated rings. The molecule has 0 radical (unpaired) electrons. The molecule has 0 aliphatic carbocycles. The summed E-state index contributed by atoms with van der Waals surface area (Å²) in [5.41, 5.74) is 3.39. The van der Waals surface area contributed by atoms with E-state index < -0.39 is 0 Å². The maximum absolute atomic E-state index is 12.7. The number of aryl methyl sites for hydroxylation is 2. The Balaban J connectivity index is 1.93. The van der Waals surface area contributed by atoms with Gasteiger partial charge in [-0.05, 0) is 43.0 Å². The van der Waals surface area contributed by atoms with E-state index in [4.69, 9.17) is 16.3 Å². The van der Waals surface area contributed by atoms with E-state index in [0.717, 1.165) is 24.0 Å². The van der Waals surface area contributed by atoms with Crippen LogP contribution in [0, 0.1) is 6.92 Å². The number of carbonyl (C=O) groups is 2. The Bertz CT molecular complexity index is 741. The molecule has 5 heteroatoms. The number of hydrogen-bond acceptors (Lipinski definition) is 3. The summed E-state index contributed by atoms with van der Waals surface area (Å²) in [6.07, 6.45) is 2.21. The van der Waals surface area contributed by atoms with E-state index in [1.165, 1.54) is 12.7 Å². The van der Waals surface area contributed by atoms with Gasteiger partial charge in [0.1, 0.15) is 0 Å². The SMILES string of the molecule is COC(=O)CCN(Cc1ccc(C)cc1)C(=O)CCCc1ccc(Cl)cc1. The number of amides is 1. The standard InChI is InChI=1S/C22H26ClNO3/c1-17-6-8-19(9-7-17)16-24(15-14-22(26)27-2)21(25)5-3-4-18-10-12-20(23)13-11-18/h6-13H,3-5,14-16H2,1-2H3. The maximum atomic E-state index is 12.7. The first kappa shape index (κ1) is 21.0. The van der Waals surface area contributed by atoms with Crippen LogP contribution in [0.15, 0.2) is 48.5 Å². The number of ether oxygens (including phenoxy) is 1. The molecule has 0 unspecified atom stereocenters. The molecule has 0 saturated heterocycles. The van der Waals surface area contributed by atoms with Crippen molar-refractivity contribution in [1.29, 1.82) is 0 Å². The van der Waals surface area contributed by atoms with Gasteiger partial charge in [-0.1, -0.05) is 53.6 Å². The smallest absolute Gasteiger partial charge is 0.307 e. The maximum Gasteiger partial charge on any atom is 0.307 e. The van der Waals surface area contributed by atoms with Gasteiger partial charge in [-0.15, -0.1) is 0 Å². The number of carbonyl (C=O) groups excluding carboxylic acids is 2. The van der Waals surface area contributed by atoms with Crippen molar-refractivity contribution < 1.29 is 14.3 Å². The summed E-state index contributed by atoms with van der Waals surface area (Å²) in [7, 11) is 1.36. The van der Waals surface area contributed by atoms with Crippen LogP contribution in [0.4, 0.5) is 0 Å². The Hall–Kier alpha value is -2.33. The molecule has 0 heterocycles. The lowest BCUT2D eigenvalue weighted by molar-refractivity contribution is -0.142. The summed E-state index contributed by atoms with van der Waals surface area (Å²) in [5, 5.41) is 0.710. The van der Waals surface area contributed by atoms with Crippen LogP contribution in [0.3, 0.4) is 0 Å². The van der Waals surface area contributed by atoms with Gasteiger partial charge in [0.05, 0.1) is 13.5 Å². The van der Waals surface area contributed by atoms with Crippen molar-refractivity contribution in [3.63, 3.8) is 0 Å².